The van der Waals surface area contributed by atoms with Gasteiger partial charge in [-0.15, -0.1) is 0 Å². The van der Waals surface area contributed by atoms with Gasteiger partial charge in [0.15, 0.2) is 5.70 Å². The van der Waals surface area contributed by atoms with Crippen LogP contribution in [0.2, 0.25) is 5.02 Å². The number of hydrogen-bond acceptors (Lipinski definition) is 4. The molecule has 1 aliphatic rings. The number of ether oxygens (including phenoxy) is 1. The number of aromatic nitrogens is 1. The van der Waals surface area contributed by atoms with Crippen molar-refractivity contribution in [3.8, 4) is 0 Å². The van der Waals surface area contributed by atoms with Gasteiger partial charge in [-0.25, -0.2) is 9.79 Å². The van der Waals surface area contributed by atoms with Crippen molar-refractivity contribution in [2.24, 2.45) is 4.99 Å². The average Bonchev–Trinajstić information content (AvgIpc) is 2.81. The molecule has 0 fully saturated rings. The summed E-state index contributed by atoms with van der Waals surface area (Å²) in [5.74, 6) is -0.278. The van der Waals surface area contributed by atoms with Crippen LogP contribution in [0.3, 0.4) is 0 Å². The molecule has 0 radical (unpaired) electrons. The number of aliphatic imine (C=N–C) groups is 1. The topological polar surface area (TPSA) is 51.5 Å². The number of rotatable bonds is 2. The van der Waals surface area contributed by atoms with Gasteiger partial charge in [-0.3, -0.25) is 4.98 Å². The molecule has 0 saturated carbocycles. The van der Waals surface area contributed by atoms with E-state index in [2.05, 4.69) is 9.98 Å². The summed E-state index contributed by atoms with van der Waals surface area (Å²) in [5.41, 5.74) is 1.61. The molecule has 0 saturated heterocycles. The van der Waals surface area contributed by atoms with Crippen LogP contribution in [0.15, 0.2) is 59.5 Å². The normalized spacial score (nSPS) is 16.1. The van der Waals surface area contributed by atoms with E-state index in [1.807, 2.05) is 6.07 Å². The molecule has 0 aliphatic carbocycles. The second-order valence-electron chi connectivity index (χ2n) is 4.10. The highest BCUT2D eigenvalue weighted by atomic mass is 35.5. The third-order valence-corrected chi connectivity index (χ3v) is 3.04. The number of carbonyl (C=O) groups is 1. The lowest BCUT2D eigenvalue weighted by molar-refractivity contribution is -0.129. The molecular formula is C15H9ClN2O2. The molecule has 5 heteroatoms. The predicted molar refractivity (Wildman–Crippen MR) is 76.3 cm³/mol. The number of esters is 1. The number of hydrogen-bond donors (Lipinski definition) is 0. The Morgan fingerprint density at radius 2 is 2.00 bits per heavy atom. The van der Waals surface area contributed by atoms with E-state index in [9.17, 15) is 4.79 Å². The number of carbonyl (C=O) groups excluding carboxylic acids is 1. The second kappa shape index (κ2) is 5.27. The van der Waals surface area contributed by atoms with Crippen LogP contribution < -0.4 is 0 Å². The third-order valence-electron chi connectivity index (χ3n) is 2.71. The Kier molecular flexibility index (Phi) is 3.31. The Morgan fingerprint density at radius 1 is 1.15 bits per heavy atom. The molecule has 1 aliphatic heterocycles. The van der Waals surface area contributed by atoms with Crippen LogP contribution in [-0.4, -0.2) is 16.9 Å². The Balaban J connectivity index is 1.98. The maximum atomic E-state index is 11.8. The highest BCUT2D eigenvalue weighted by molar-refractivity contribution is 6.34. The van der Waals surface area contributed by atoms with Crippen molar-refractivity contribution in [3.63, 3.8) is 0 Å². The van der Waals surface area contributed by atoms with Crippen molar-refractivity contribution in [3.05, 3.63) is 70.6 Å². The minimum absolute atomic E-state index is 0.218. The van der Waals surface area contributed by atoms with Crippen molar-refractivity contribution in [1.29, 1.82) is 0 Å². The van der Waals surface area contributed by atoms with Gasteiger partial charge in [0.2, 0.25) is 5.90 Å². The monoisotopic (exact) mass is 284 g/mol. The third kappa shape index (κ3) is 2.46. The van der Waals surface area contributed by atoms with Gasteiger partial charge < -0.3 is 4.74 Å². The fourth-order valence-corrected chi connectivity index (χ4v) is 1.99. The number of nitrogens with zero attached hydrogens (tertiary/aromatic N) is 2. The van der Waals surface area contributed by atoms with Crippen molar-refractivity contribution in [2.45, 2.75) is 0 Å². The van der Waals surface area contributed by atoms with Crippen LogP contribution >= 0.6 is 11.6 Å². The fourth-order valence-electron chi connectivity index (χ4n) is 1.78. The van der Waals surface area contributed by atoms with E-state index in [1.165, 1.54) is 0 Å². The van der Waals surface area contributed by atoms with E-state index < -0.39 is 5.97 Å². The van der Waals surface area contributed by atoms with Gasteiger partial charge in [0.05, 0.1) is 10.6 Å². The summed E-state index contributed by atoms with van der Waals surface area (Å²) in [4.78, 5) is 20.0. The van der Waals surface area contributed by atoms with Crippen LogP contribution in [0.5, 0.6) is 0 Å². The van der Waals surface area contributed by atoms with E-state index in [4.69, 9.17) is 16.3 Å². The van der Waals surface area contributed by atoms with Crippen LogP contribution in [0.4, 0.5) is 0 Å². The number of cyclic esters (lactones) is 1. The van der Waals surface area contributed by atoms with Gasteiger partial charge in [-0.2, -0.15) is 0 Å². The highest BCUT2D eigenvalue weighted by Crippen LogP contribution is 2.23. The first kappa shape index (κ1) is 12.6. The van der Waals surface area contributed by atoms with Crippen molar-refractivity contribution in [2.75, 3.05) is 0 Å². The van der Waals surface area contributed by atoms with Gasteiger partial charge in [0.1, 0.15) is 0 Å². The highest BCUT2D eigenvalue weighted by Gasteiger charge is 2.25. The summed E-state index contributed by atoms with van der Waals surface area (Å²) in [6, 6.07) is 10.7. The zero-order valence-electron chi connectivity index (χ0n) is 10.3. The van der Waals surface area contributed by atoms with Gasteiger partial charge in [-0.1, -0.05) is 29.8 Å². The molecule has 2 heterocycles. The van der Waals surface area contributed by atoms with Crippen LogP contribution in [0.25, 0.3) is 6.08 Å². The molecule has 0 spiro atoms. The molecule has 98 valence electrons. The average molecular weight is 285 g/mol. The molecule has 0 amide bonds. The largest absolute Gasteiger partial charge is 0.402 e. The van der Waals surface area contributed by atoms with Crippen molar-refractivity contribution in [1.82, 2.24) is 4.98 Å². The first-order valence-electron chi connectivity index (χ1n) is 5.91. The minimum atomic E-state index is -0.497. The van der Waals surface area contributed by atoms with Gasteiger partial charge in [0, 0.05) is 12.4 Å². The molecule has 20 heavy (non-hydrogen) atoms. The zero-order chi connectivity index (χ0) is 13.9. The van der Waals surface area contributed by atoms with Gasteiger partial charge in [-0.05, 0) is 29.8 Å². The maximum Gasteiger partial charge on any atom is 0.363 e. The first-order valence-corrected chi connectivity index (χ1v) is 6.29. The molecule has 1 aromatic carbocycles. The molecule has 0 unspecified atom stereocenters. The minimum Gasteiger partial charge on any atom is -0.402 e. The first-order chi connectivity index (χ1) is 9.74. The predicted octanol–water partition coefficient (Wildman–Crippen LogP) is 3.08. The summed E-state index contributed by atoms with van der Waals surface area (Å²) in [7, 11) is 0. The summed E-state index contributed by atoms with van der Waals surface area (Å²) >= 11 is 6.06. The molecule has 1 aromatic heterocycles. The van der Waals surface area contributed by atoms with E-state index in [-0.39, 0.29) is 11.6 Å². The Labute approximate surface area is 120 Å². The van der Waals surface area contributed by atoms with E-state index in [1.54, 1.807) is 48.8 Å². The van der Waals surface area contributed by atoms with E-state index in [0.29, 0.717) is 10.6 Å². The Hall–Kier alpha value is -2.46. The summed E-state index contributed by atoms with van der Waals surface area (Å²) < 4.78 is 5.15. The second-order valence-corrected chi connectivity index (χ2v) is 4.51. The van der Waals surface area contributed by atoms with Gasteiger partial charge in [0.25, 0.3) is 0 Å². The molecule has 4 nitrogen and oxygen atoms in total. The Bertz CT molecular complexity index is 724. The van der Waals surface area contributed by atoms with Crippen molar-refractivity contribution < 1.29 is 9.53 Å². The molecule has 2 aromatic rings. The number of benzene rings is 1. The van der Waals surface area contributed by atoms with Gasteiger partial charge >= 0.3 is 5.97 Å². The summed E-state index contributed by atoms with van der Waals surface area (Å²) in [5, 5.41) is 0.488. The molecule has 0 N–H and O–H groups in total. The number of pyridine rings is 1. The SMILES string of the molecule is O=C1OC(c2ccccc2Cl)=N/C1=C/c1cccnc1. The number of halogens is 1. The van der Waals surface area contributed by atoms with E-state index in [0.717, 1.165) is 5.56 Å². The standard InChI is InChI=1S/C15H9ClN2O2/c16-12-6-2-1-5-11(12)14-18-13(15(19)20-14)8-10-4-3-7-17-9-10/h1-9H/b13-8+. The molecular weight excluding hydrogens is 276 g/mol. The maximum absolute atomic E-state index is 11.8. The molecule has 3 rings (SSSR count). The van der Waals surface area contributed by atoms with Crippen molar-refractivity contribution >= 4 is 29.5 Å². The lowest BCUT2D eigenvalue weighted by Crippen LogP contribution is -2.05. The summed E-state index contributed by atoms with van der Waals surface area (Å²) in [6.45, 7) is 0. The molecule has 0 atom stereocenters. The molecule has 0 bridgehead atoms. The quantitative estimate of drug-likeness (QED) is 0.629. The fraction of sp³-hybridized carbons (Fsp3) is 0. The Morgan fingerprint density at radius 3 is 2.75 bits per heavy atom. The zero-order valence-corrected chi connectivity index (χ0v) is 11.0. The van der Waals surface area contributed by atoms with Crippen LogP contribution in [0, 0.1) is 0 Å². The van der Waals surface area contributed by atoms with Crippen LogP contribution in [-0.2, 0) is 9.53 Å². The smallest absolute Gasteiger partial charge is 0.363 e. The summed E-state index contributed by atoms with van der Waals surface area (Å²) in [6.07, 6.45) is 4.93. The lowest BCUT2D eigenvalue weighted by Gasteiger charge is -2.00. The van der Waals surface area contributed by atoms with E-state index >= 15 is 0 Å². The van der Waals surface area contributed by atoms with Crippen LogP contribution in [0.1, 0.15) is 11.1 Å². The lowest BCUT2D eigenvalue weighted by atomic mass is 10.2.